The van der Waals surface area contributed by atoms with E-state index in [0.717, 1.165) is 12.6 Å². The molecule has 2 aliphatic heterocycles. The van der Waals surface area contributed by atoms with Crippen LogP contribution in [0.25, 0.3) is 0 Å². The van der Waals surface area contributed by atoms with Crippen LogP contribution in [0.15, 0.2) is 0 Å². The highest BCUT2D eigenvalue weighted by Crippen LogP contribution is 2.35. The van der Waals surface area contributed by atoms with Crippen LogP contribution in [0.4, 0.5) is 0 Å². The van der Waals surface area contributed by atoms with E-state index in [0.29, 0.717) is 5.54 Å². The third kappa shape index (κ3) is 2.57. The largest absolute Gasteiger partial charge is 0.329 e. The summed E-state index contributed by atoms with van der Waals surface area (Å²) < 4.78 is 0. The normalized spacial score (nSPS) is 32.2. The molecule has 2 N–H and O–H groups in total. The molecule has 0 amide bonds. The Morgan fingerprint density at radius 2 is 2.00 bits per heavy atom. The van der Waals surface area contributed by atoms with Crippen LogP contribution in [0.1, 0.15) is 45.4 Å². The van der Waals surface area contributed by atoms with Crippen LogP contribution in [0.3, 0.4) is 0 Å². The van der Waals surface area contributed by atoms with Crippen molar-refractivity contribution in [3.63, 3.8) is 0 Å². The monoisotopic (exact) mass is 242 g/mol. The molecule has 2 nitrogen and oxygen atoms in total. The van der Waals surface area contributed by atoms with Crippen LogP contribution in [0.2, 0.25) is 0 Å². The number of nitrogens with two attached hydrogens (primary N) is 1. The standard InChI is InChI=1S/C13H26N2S/c1-12-5-3-2-4-8-15(12)13(11-14)6-9-16-10-7-13/h12H,2-11,14H2,1H3. The molecule has 1 atom stereocenters. The number of hydrogen-bond acceptors (Lipinski definition) is 3. The molecule has 2 aliphatic rings. The first-order chi connectivity index (χ1) is 7.78. The van der Waals surface area contributed by atoms with Crippen molar-refractivity contribution in [2.24, 2.45) is 5.73 Å². The number of hydrogen-bond donors (Lipinski definition) is 1. The van der Waals surface area contributed by atoms with Crippen molar-refractivity contribution in [3.05, 3.63) is 0 Å². The van der Waals surface area contributed by atoms with Crippen LogP contribution < -0.4 is 5.73 Å². The zero-order valence-corrected chi connectivity index (χ0v) is 11.4. The summed E-state index contributed by atoms with van der Waals surface area (Å²) in [5, 5.41) is 0. The van der Waals surface area contributed by atoms with Crippen LogP contribution in [-0.4, -0.2) is 41.1 Å². The van der Waals surface area contributed by atoms with Gasteiger partial charge in [-0.3, -0.25) is 4.90 Å². The van der Waals surface area contributed by atoms with E-state index in [-0.39, 0.29) is 0 Å². The molecule has 0 aromatic carbocycles. The van der Waals surface area contributed by atoms with E-state index in [4.69, 9.17) is 5.73 Å². The van der Waals surface area contributed by atoms with E-state index < -0.39 is 0 Å². The highest BCUT2D eigenvalue weighted by atomic mass is 32.2. The van der Waals surface area contributed by atoms with Crippen LogP contribution in [0, 0.1) is 0 Å². The summed E-state index contributed by atoms with van der Waals surface area (Å²) in [6, 6.07) is 0.745. The van der Waals surface area contributed by atoms with Gasteiger partial charge in [0, 0.05) is 18.1 Å². The van der Waals surface area contributed by atoms with Gasteiger partial charge in [0.05, 0.1) is 0 Å². The summed E-state index contributed by atoms with van der Waals surface area (Å²) in [6.07, 6.45) is 8.18. The molecule has 0 radical (unpaired) electrons. The van der Waals surface area contributed by atoms with E-state index >= 15 is 0 Å². The molecule has 0 spiro atoms. The lowest BCUT2D eigenvalue weighted by atomic mass is 9.88. The summed E-state index contributed by atoms with van der Waals surface area (Å²) in [7, 11) is 0. The van der Waals surface area contributed by atoms with Gasteiger partial charge in [-0.15, -0.1) is 0 Å². The second kappa shape index (κ2) is 5.74. The van der Waals surface area contributed by atoms with Crippen molar-refractivity contribution in [1.82, 2.24) is 4.90 Å². The van der Waals surface area contributed by atoms with Gasteiger partial charge in [-0.25, -0.2) is 0 Å². The molecule has 94 valence electrons. The summed E-state index contributed by atoms with van der Waals surface area (Å²) in [5.74, 6) is 2.61. The average Bonchev–Trinajstić information content (AvgIpc) is 2.55. The van der Waals surface area contributed by atoms with Gasteiger partial charge in [-0.2, -0.15) is 11.8 Å². The molecule has 0 aliphatic carbocycles. The summed E-state index contributed by atoms with van der Waals surface area (Å²) >= 11 is 2.10. The predicted octanol–water partition coefficient (Wildman–Crippen LogP) is 2.48. The fourth-order valence-corrected chi connectivity index (χ4v) is 4.59. The van der Waals surface area contributed by atoms with Crippen LogP contribution in [-0.2, 0) is 0 Å². The lowest BCUT2D eigenvalue weighted by molar-refractivity contribution is 0.0496. The SMILES string of the molecule is CC1CCCCCN1C1(CN)CCSCC1. The second-order valence-electron chi connectivity index (χ2n) is 5.43. The molecule has 1 unspecified atom stereocenters. The molecule has 0 aromatic heterocycles. The Bertz CT molecular complexity index is 214. The van der Waals surface area contributed by atoms with Gasteiger partial charge < -0.3 is 5.73 Å². The number of thioether (sulfide) groups is 1. The first-order valence-corrected chi connectivity index (χ1v) is 7.98. The molecule has 2 fully saturated rings. The maximum Gasteiger partial charge on any atom is 0.0350 e. The number of nitrogens with zero attached hydrogens (tertiary/aromatic N) is 1. The third-order valence-electron chi connectivity index (χ3n) is 4.47. The van der Waals surface area contributed by atoms with Gasteiger partial charge in [-0.1, -0.05) is 12.8 Å². The fourth-order valence-electron chi connectivity index (χ4n) is 3.34. The summed E-state index contributed by atoms with van der Waals surface area (Å²) in [5.41, 5.74) is 6.47. The van der Waals surface area contributed by atoms with Crippen LogP contribution >= 0.6 is 11.8 Å². The Kier molecular flexibility index (Phi) is 4.57. The summed E-state index contributed by atoms with van der Waals surface area (Å²) in [6.45, 7) is 4.55. The van der Waals surface area contributed by atoms with Crippen molar-refractivity contribution in [2.75, 3.05) is 24.6 Å². The predicted molar refractivity (Wildman–Crippen MR) is 73.0 cm³/mol. The van der Waals surface area contributed by atoms with E-state index in [1.54, 1.807) is 0 Å². The molecular formula is C13H26N2S. The molecule has 3 heteroatoms. The fraction of sp³-hybridized carbons (Fsp3) is 1.00. The van der Waals surface area contributed by atoms with E-state index in [1.807, 2.05) is 0 Å². The first kappa shape index (κ1) is 12.7. The molecule has 0 saturated carbocycles. The topological polar surface area (TPSA) is 29.3 Å². The van der Waals surface area contributed by atoms with Gasteiger partial charge in [-0.05, 0) is 50.7 Å². The smallest absolute Gasteiger partial charge is 0.0350 e. The zero-order chi connectivity index (χ0) is 11.4. The molecule has 0 aromatic rings. The molecule has 2 heterocycles. The van der Waals surface area contributed by atoms with Gasteiger partial charge in [0.25, 0.3) is 0 Å². The molecule has 2 rings (SSSR count). The Morgan fingerprint density at radius 3 is 2.69 bits per heavy atom. The number of likely N-dealkylation sites (tertiary alicyclic amines) is 1. The zero-order valence-electron chi connectivity index (χ0n) is 10.6. The van der Waals surface area contributed by atoms with Crippen molar-refractivity contribution in [3.8, 4) is 0 Å². The van der Waals surface area contributed by atoms with Crippen molar-refractivity contribution in [1.29, 1.82) is 0 Å². The van der Waals surface area contributed by atoms with Gasteiger partial charge in [0.2, 0.25) is 0 Å². The Hall–Kier alpha value is 0.270. The maximum absolute atomic E-state index is 6.13. The Morgan fingerprint density at radius 1 is 1.25 bits per heavy atom. The van der Waals surface area contributed by atoms with Crippen molar-refractivity contribution >= 4 is 11.8 Å². The molecule has 0 bridgehead atoms. The number of rotatable bonds is 2. The van der Waals surface area contributed by atoms with Gasteiger partial charge >= 0.3 is 0 Å². The van der Waals surface area contributed by atoms with E-state index in [1.165, 1.54) is 56.6 Å². The minimum absolute atomic E-state index is 0.342. The highest BCUT2D eigenvalue weighted by molar-refractivity contribution is 7.99. The highest BCUT2D eigenvalue weighted by Gasteiger charge is 2.39. The molecule has 2 saturated heterocycles. The third-order valence-corrected chi connectivity index (χ3v) is 5.45. The maximum atomic E-state index is 6.13. The van der Waals surface area contributed by atoms with Gasteiger partial charge in [0.1, 0.15) is 0 Å². The minimum atomic E-state index is 0.342. The second-order valence-corrected chi connectivity index (χ2v) is 6.66. The Labute approximate surface area is 104 Å². The average molecular weight is 242 g/mol. The molecular weight excluding hydrogens is 216 g/mol. The Balaban J connectivity index is 2.10. The van der Waals surface area contributed by atoms with Crippen molar-refractivity contribution < 1.29 is 0 Å². The minimum Gasteiger partial charge on any atom is -0.329 e. The van der Waals surface area contributed by atoms with Crippen LogP contribution in [0.5, 0.6) is 0 Å². The summed E-state index contributed by atoms with van der Waals surface area (Å²) in [4.78, 5) is 2.76. The first-order valence-electron chi connectivity index (χ1n) is 6.83. The van der Waals surface area contributed by atoms with E-state index in [9.17, 15) is 0 Å². The van der Waals surface area contributed by atoms with Gasteiger partial charge in [0.15, 0.2) is 0 Å². The molecule has 16 heavy (non-hydrogen) atoms. The van der Waals surface area contributed by atoms with E-state index in [2.05, 4.69) is 23.6 Å². The lowest BCUT2D eigenvalue weighted by Gasteiger charge is -2.48. The lowest BCUT2D eigenvalue weighted by Crippen LogP contribution is -2.58. The van der Waals surface area contributed by atoms with Crippen molar-refractivity contribution in [2.45, 2.75) is 57.0 Å². The quantitative estimate of drug-likeness (QED) is 0.806.